The number of aromatic nitrogens is 2. The van der Waals surface area contributed by atoms with Crippen molar-refractivity contribution >= 4 is 40.1 Å². The van der Waals surface area contributed by atoms with E-state index < -0.39 is 4.92 Å². The molecular formula is C31H30N6O4. The molecule has 2 amide bonds. The number of anilines is 2. The summed E-state index contributed by atoms with van der Waals surface area (Å²) in [5.74, 6) is 0.511. The molecule has 1 aliphatic heterocycles. The third-order valence-corrected chi connectivity index (χ3v) is 6.88. The lowest BCUT2D eigenvalue weighted by Gasteiger charge is -2.16. The number of nitrogens with one attached hydrogen (secondary N) is 4. The van der Waals surface area contributed by atoms with Crippen LogP contribution < -0.4 is 16.0 Å². The van der Waals surface area contributed by atoms with Gasteiger partial charge in [0.25, 0.3) is 11.6 Å². The fourth-order valence-electron chi connectivity index (χ4n) is 4.75. The number of carbonyl (C=O) groups excluding carboxylic acids is 2. The van der Waals surface area contributed by atoms with E-state index in [1.54, 1.807) is 6.07 Å². The molecule has 0 spiro atoms. The number of nitro groups is 1. The number of rotatable bonds is 10. The molecule has 1 aromatic heterocycles. The van der Waals surface area contributed by atoms with Crippen LogP contribution in [0, 0.1) is 10.1 Å². The number of hydrogen-bond donors (Lipinski definition) is 4. The van der Waals surface area contributed by atoms with Crippen molar-refractivity contribution in [3.05, 3.63) is 106 Å². The third kappa shape index (κ3) is 6.17. The van der Waals surface area contributed by atoms with Crippen molar-refractivity contribution in [1.29, 1.82) is 0 Å². The molecular weight excluding hydrogens is 520 g/mol. The summed E-state index contributed by atoms with van der Waals surface area (Å²) in [5, 5.41) is 20.6. The average molecular weight is 551 g/mol. The monoisotopic (exact) mass is 550 g/mol. The largest absolute Gasteiger partial charge is 0.356 e. The molecule has 41 heavy (non-hydrogen) atoms. The molecule has 1 aliphatic rings. The van der Waals surface area contributed by atoms with Crippen molar-refractivity contribution in [3.63, 3.8) is 0 Å². The first kappa shape index (κ1) is 27.3. The minimum atomic E-state index is -0.471. The number of H-pyrrole nitrogens is 1. The van der Waals surface area contributed by atoms with Crippen LogP contribution in [0.2, 0.25) is 0 Å². The van der Waals surface area contributed by atoms with Gasteiger partial charge in [0, 0.05) is 60.7 Å². The summed E-state index contributed by atoms with van der Waals surface area (Å²) in [6.45, 7) is 4.13. The maximum atomic E-state index is 13.3. The van der Waals surface area contributed by atoms with Crippen LogP contribution in [0.15, 0.2) is 72.9 Å². The predicted molar refractivity (Wildman–Crippen MR) is 159 cm³/mol. The van der Waals surface area contributed by atoms with Crippen LogP contribution in [0.5, 0.6) is 0 Å². The second-order valence-electron chi connectivity index (χ2n) is 9.76. The molecule has 5 rings (SSSR count). The lowest BCUT2D eigenvalue weighted by atomic mass is 9.98. The van der Waals surface area contributed by atoms with E-state index in [0.29, 0.717) is 29.1 Å². The Morgan fingerprint density at radius 1 is 1.05 bits per heavy atom. The van der Waals surface area contributed by atoms with Crippen molar-refractivity contribution in [1.82, 2.24) is 15.3 Å². The van der Waals surface area contributed by atoms with Crippen molar-refractivity contribution in [3.8, 4) is 11.3 Å². The van der Waals surface area contributed by atoms with Gasteiger partial charge in [-0.05, 0) is 42.2 Å². The predicted octanol–water partition coefficient (Wildman–Crippen LogP) is 5.55. The average Bonchev–Trinajstić information content (AvgIpc) is 3.58. The summed E-state index contributed by atoms with van der Waals surface area (Å²) in [5.41, 5.74) is 6.13. The van der Waals surface area contributed by atoms with Crippen LogP contribution in [-0.2, 0) is 22.4 Å². The second kappa shape index (κ2) is 11.9. The molecule has 0 unspecified atom stereocenters. The number of nitrogens with zero attached hydrogens (tertiary/aromatic N) is 2. The SMILES string of the molecule is CCc1nc(-c2ccc(NC(=C3C(=O)Nc4ccc([N+](=O)[O-])cc43)c3ccc(CCCNC(C)=O)cc3)cc2)c[nH]1. The van der Waals surface area contributed by atoms with E-state index in [1.165, 1.54) is 19.1 Å². The summed E-state index contributed by atoms with van der Waals surface area (Å²) in [4.78, 5) is 43.2. The zero-order valence-corrected chi connectivity index (χ0v) is 22.8. The van der Waals surface area contributed by atoms with Crippen LogP contribution >= 0.6 is 0 Å². The van der Waals surface area contributed by atoms with Crippen LogP contribution in [0.1, 0.15) is 42.8 Å². The zero-order valence-electron chi connectivity index (χ0n) is 22.8. The quantitative estimate of drug-likeness (QED) is 0.0883. The van der Waals surface area contributed by atoms with E-state index in [1.807, 2.05) is 61.7 Å². The van der Waals surface area contributed by atoms with Crippen LogP contribution in [-0.4, -0.2) is 33.3 Å². The van der Waals surface area contributed by atoms with Crippen molar-refractivity contribution in [2.45, 2.75) is 33.1 Å². The lowest BCUT2D eigenvalue weighted by molar-refractivity contribution is -0.384. The maximum absolute atomic E-state index is 13.3. The highest BCUT2D eigenvalue weighted by Gasteiger charge is 2.30. The molecule has 4 aromatic rings. The minimum Gasteiger partial charge on any atom is -0.356 e. The van der Waals surface area contributed by atoms with Gasteiger partial charge in [0.2, 0.25) is 5.91 Å². The Bertz CT molecular complexity index is 1640. The van der Waals surface area contributed by atoms with Crippen molar-refractivity contribution in [2.75, 3.05) is 17.2 Å². The molecule has 0 fully saturated rings. The third-order valence-electron chi connectivity index (χ3n) is 6.88. The Morgan fingerprint density at radius 2 is 1.80 bits per heavy atom. The highest BCUT2D eigenvalue weighted by molar-refractivity contribution is 6.37. The zero-order chi connectivity index (χ0) is 28.9. The van der Waals surface area contributed by atoms with E-state index >= 15 is 0 Å². The topological polar surface area (TPSA) is 142 Å². The summed E-state index contributed by atoms with van der Waals surface area (Å²) in [6.07, 6.45) is 4.27. The van der Waals surface area contributed by atoms with Gasteiger partial charge >= 0.3 is 0 Å². The number of nitro benzene ring substituents is 1. The number of aryl methyl sites for hydroxylation is 2. The second-order valence-corrected chi connectivity index (χ2v) is 9.76. The minimum absolute atomic E-state index is 0.0545. The lowest BCUT2D eigenvalue weighted by Crippen LogP contribution is -2.21. The Kier molecular flexibility index (Phi) is 7.91. The molecule has 0 radical (unpaired) electrons. The molecule has 2 heterocycles. The number of fused-ring (bicyclic) bond motifs is 1. The molecule has 10 nitrogen and oxygen atoms in total. The van der Waals surface area contributed by atoms with Crippen LogP contribution in [0.3, 0.4) is 0 Å². The number of imidazole rings is 1. The molecule has 10 heteroatoms. The standard InChI is InChI=1S/C31H30N6O4/c1-3-28-33-18-27(35-28)21-10-12-23(13-11-21)34-30(22-8-6-20(7-9-22)5-4-16-32-19(2)38)29-25-17-24(37(40)41)14-15-26(25)36-31(29)39/h6-15,17-18,34H,3-5,16H2,1-2H3,(H,32,38)(H,33,35)(H,36,39). The van der Waals surface area contributed by atoms with Gasteiger partial charge < -0.3 is 20.9 Å². The number of carbonyl (C=O) groups is 2. The normalized spacial score (nSPS) is 13.4. The van der Waals surface area contributed by atoms with Crippen LogP contribution in [0.25, 0.3) is 22.5 Å². The van der Waals surface area contributed by atoms with E-state index in [2.05, 4.69) is 25.9 Å². The fraction of sp³-hybridized carbons (Fsp3) is 0.194. The van der Waals surface area contributed by atoms with Gasteiger partial charge in [0.05, 0.1) is 21.9 Å². The Hall–Kier alpha value is -5.25. The number of hydrogen-bond acceptors (Lipinski definition) is 6. The van der Waals surface area contributed by atoms with E-state index in [9.17, 15) is 19.7 Å². The van der Waals surface area contributed by atoms with E-state index in [0.717, 1.165) is 53.2 Å². The number of aromatic amines is 1. The molecule has 0 bridgehead atoms. The van der Waals surface area contributed by atoms with Gasteiger partial charge in [0.15, 0.2) is 0 Å². The van der Waals surface area contributed by atoms with Crippen molar-refractivity contribution in [2.24, 2.45) is 0 Å². The molecule has 0 aliphatic carbocycles. The Labute approximate surface area is 237 Å². The van der Waals surface area contributed by atoms with E-state index in [4.69, 9.17) is 0 Å². The van der Waals surface area contributed by atoms with E-state index in [-0.39, 0.29) is 17.5 Å². The van der Waals surface area contributed by atoms with Gasteiger partial charge in [0.1, 0.15) is 5.82 Å². The van der Waals surface area contributed by atoms with Gasteiger partial charge in [-0.15, -0.1) is 0 Å². The van der Waals surface area contributed by atoms with Crippen LogP contribution in [0.4, 0.5) is 17.1 Å². The highest BCUT2D eigenvalue weighted by Crippen LogP contribution is 2.39. The summed E-state index contributed by atoms with van der Waals surface area (Å²) < 4.78 is 0. The summed E-state index contributed by atoms with van der Waals surface area (Å²) in [7, 11) is 0. The van der Waals surface area contributed by atoms with Gasteiger partial charge in [-0.25, -0.2) is 4.98 Å². The maximum Gasteiger partial charge on any atom is 0.270 e. The summed E-state index contributed by atoms with van der Waals surface area (Å²) >= 11 is 0. The molecule has 0 atom stereocenters. The summed E-state index contributed by atoms with van der Waals surface area (Å²) in [6, 6.07) is 19.9. The Balaban J connectivity index is 1.50. The number of benzene rings is 3. The molecule has 4 N–H and O–H groups in total. The number of amides is 2. The molecule has 0 saturated heterocycles. The van der Waals surface area contributed by atoms with Gasteiger partial charge in [-0.1, -0.05) is 43.3 Å². The fourth-order valence-corrected chi connectivity index (χ4v) is 4.75. The molecule has 0 saturated carbocycles. The van der Waals surface area contributed by atoms with Gasteiger partial charge in [-0.3, -0.25) is 19.7 Å². The number of non-ortho nitro benzene ring substituents is 1. The first-order valence-corrected chi connectivity index (χ1v) is 13.4. The highest BCUT2D eigenvalue weighted by atomic mass is 16.6. The first-order chi connectivity index (χ1) is 19.8. The Morgan fingerprint density at radius 3 is 2.46 bits per heavy atom. The van der Waals surface area contributed by atoms with Gasteiger partial charge in [-0.2, -0.15) is 0 Å². The van der Waals surface area contributed by atoms with Crippen molar-refractivity contribution < 1.29 is 14.5 Å². The molecule has 208 valence electrons. The smallest absolute Gasteiger partial charge is 0.270 e. The molecule has 3 aromatic carbocycles. The first-order valence-electron chi connectivity index (χ1n) is 13.4.